The van der Waals surface area contributed by atoms with Crippen LogP contribution in [0.2, 0.25) is 5.02 Å². The maximum Gasteiger partial charge on any atom is 0.323 e. The quantitative estimate of drug-likeness (QED) is 0.427. The van der Waals surface area contributed by atoms with E-state index >= 15 is 0 Å². The average Bonchev–Trinajstić information content (AvgIpc) is 2.97. The lowest BCUT2D eigenvalue weighted by Gasteiger charge is -2.13. The smallest absolute Gasteiger partial charge is 0.323 e. The number of benzene rings is 2. The van der Waals surface area contributed by atoms with E-state index in [4.69, 9.17) is 38.4 Å². The predicted octanol–water partition coefficient (Wildman–Crippen LogP) is 4.91. The van der Waals surface area contributed by atoms with E-state index < -0.39 is 18.4 Å². The minimum absolute atomic E-state index is 0.223. The second-order valence-electron chi connectivity index (χ2n) is 6.67. The van der Waals surface area contributed by atoms with Gasteiger partial charge >= 0.3 is 5.97 Å². The van der Waals surface area contributed by atoms with Gasteiger partial charge in [-0.15, -0.1) is 0 Å². The van der Waals surface area contributed by atoms with E-state index in [1.807, 2.05) is 32.0 Å². The molecule has 6 nitrogen and oxygen atoms in total. The van der Waals surface area contributed by atoms with E-state index in [1.54, 1.807) is 24.3 Å². The van der Waals surface area contributed by atoms with Crippen LogP contribution in [0.15, 0.2) is 41.3 Å². The fourth-order valence-corrected chi connectivity index (χ4v) is 4.27. The SMILES string of the molecule is CCOc1cc(/C=C2\SC(=S)N(CC(=O)O)C2=O)ccc1OCc1ccc(C)c(Cl)c1. The number of carboxylic acid groups (broad SMARTS) is 1. The summed E-state index contributed by atoms with van der Waals surface area (Å²) >= 11 is 12.4. The Morgan fingerprint density at radius 3 is 2.68 bits per heavy atom. The molecule has 1 aliphatic rings. The van der Waals surface area contributed by atoms with Crippen LogP contribution in [0.1, 0.15) is 23.6 Å². The first kappa shape index (κ1) is 23.1. The minimum atomic E-state index is -1.12. The Labute approximate surface area is 194 Å². The van der Waals surface area contributed by atoms with Crippen molar-refractivity contribution < 1.29 is 24.2 Å². The molecule has 0 unspecified atom stereocenters. The molecule has 162 valence electrons. The zero-order valence-corrected chi connectivity index (χ0v) is 19.3. The lowest BCUT2D eigenvalue weighted by Crippen LogP contribution is -2.33. The van der Waals surface area contributed by atoms with Crippen LogP contribution >= 0.6 is 35.6 Å². The van der Waals surface area contributed by atoms with Crippen LogP contribution in [0.4, 0.5) is 0 Å². The van der Waals surface area contributed by atoms with Crippen molar-refractivity contribution in [1.29, 1.82) is 0 Å². The Morgan fingerprint density at radius 1 is 1.23 bits per heavy atom. The summed E-state index contributed by atoms with van der Waals surface area (Å²) in [6.07, 6.45) is 1.66. The number of hydrogen-bond donors (Lipinski definition) is 1. The van der Waals surface area contributed by atoms with E-state index in [2.05, 4.69) is 0 Å². The first-order valence-electron chi connectivity index (χ1n) is 9.40. The molecular weight excluding hydrogens is 458 g/mol. The molecule has 0 saturated carbocycles. The van der Waals surface area contributed by atoms with Crippen molar-refractivity contribution in [3.05, 3.63) is 63.0 Å². The molecule has 3 rings (SSSR count). The third-order valence-electron chi connectivity index (χ3n) is 4.36. The number of rotatable bonds is 8. The Bertz CT molecular complexity index is 1070. The van der Waals surface area contributed by atoms with Crippen molar-refractivity contribution in [3.63, 3.8) is 0 Å². The van der Waals surface area contributed by atoms with Crippen molar-refractivity contribution in [2.24, 2.45) is 0 Å². The third-order valence-corrected chi connectivity index (χ3v) is 6.15. The van der Waals surface area contributed by atoms with Crippen molar-refractivity contribution in [3.8, 4) is 11.5 Å². The second kappa shape index (κ2) is 10.2. The van der Waals surface area contributed by atoms with E-state index in [9.17, 15) is 9.59 Å². The summed E-state index contributed by atoms with van der Waals surface area (Å²) in [4.78, 5) is 24.8. The summed E-state index contributed by atoms with van der Waals surface area (Å²) < 4.78 is 11.9. The topological polar surface area (TPSA) is 76.1 Å². The number of nitrogens with zero attached hydrogens (tertiary/aromatic N) is 1. The molecule has 31 heavy (non-hydrogen) atoms. The molecule has 1 saturated heterocycles. The van der Waals surface area contributed by atoms with E-state index in [-0.39, 0.29) is 4.32 Å². The van der Waals surface area contributed by atoms with Crippen molar-refractivity contribution in [2.45, 2.75) is 20.5 Å². The number of carbonyl (C=O) groups is 2. The first-order valence-corrected chi connectivity index (χ1v) is 11.0. The van der Waals surface area contributed by atoms with Gasteiger partial charge in [0.25, 0.3) is 5.91 Å². The molecule has 0 radical (unpaired) electrons. The highest BCUT2D eigenvalue weighted by atomic mass is 35.5. The number of aryl methyl sites for hydroxylation is 1. The van der Waals surface area contributed by atoms with Gasteiger partial charge in [-0.1, -0.05) is 53.8 Å². The molecule has 1 amide bonds. The Morgan fingerprint density at radius 2 is 2.00 bits per heavy atom. The van der Waals surface area contributed by atoms with Crippen LogP contribution in [0.25, 0.3) is 6.08 Å². The van der Waals surface area contributed by atoms with Crippen LogP contribution < -0.4 is 9.47 Å². The van der Waals surface area contributed by atoms with Gasteiger partial charge in [0, 0.05) is 5.02 Å². The fourth-order valence-electron chi connectivity index (χ4n) is 2.81. The van der Waals surface area contributed by atoms with Crippen molar-refractivity contribution in [1.82, 2.24) is 4.90 Å². The van der Waals surface area contributed by atoms with Gasteiger partial charge in [0.1, 0.15) is 17.5 Å². The molecule has 1 heterocycles. The molecule has 1 aliphatic heterocycles. The zero-order valence-electron chi connectivity index (χ0n) is 16.9. The Kier molecular flexibility index (Phi) is 7.59. The fraction of sp³-hybridized carbons (Fsp3) is 0.227. The maximum atomic E-state index is 12.5. The number of thiocarbonyl (C=S) groups is 1. The Hall–Kier alpha value is -2.55. The highest BCUT2D eigenvalue weighted by molar-refractivity contribution is 8.26. The van der Waals surface area contributed by atoms with Crippen molar-refractivity contribution >= 4 is 57.9 Å². The maximum absolute atomic E-state index is 12.5. The number of carboxylic acids is 1. The van der Waals surface area contributed by atoms with Crippen LogP contribution in [0, 0.1) is 6.92 Å². The molecule has 1 fully saturated rings. The number of amides is 1. The Balaban J connectivity index is 1.79. The van der Waals surface area contributed by atoms with Gasteiger partial charge in [0.15, 0.2) is 11.5 Å². The van der Waals surface area contributed by atoms with Gasteiger partial charge in [0.05, 0.1) is 11.5 Å². The second-order valence-corrected chi connectivity index (χ2v) is 8.76. The van der Waals surface area contributed by atoms with E-state index in [0.29, 0.717) is 40.2 Å². The number of halogens is 1. The highest BCUT2D eigenvalue weighted by Crippen LogP contribution is 2.35. The number of aliphatic carboxylic acids is 1. The third kappa shape index (κ3) is 5.78. The van der Waals surface area contributed by atoms with Gasteiger partial charge < -0.3 is 14.6 Å². The molecular formula is C22H20ClNO5S2. The lowest BCUT2D eigenvalue weighted by molar-refractivity contribution is -0.140. The van der Waals surface area contributed by atoms with Crippen LogP contribution in [-0.4, -0.2) is 39.4 Å². The minimum Gasteiger partial charge on any atom is -0.490 e. The predicted molar refractivity (Wildman–Crippen MR) is 126 cm³/mol. The standard InChI is InChI=1S/C22H20ClNO5S2/c1-3-28-18-9-14(10-19-21(27)24(11-20(25)26)22(30)31-19)6-7-17(18)29-12-15-5-4-13(2)16(23)8-15/h4-10H,3,11-12H2,1-2H3,(H,25,26)/b19-10-. The van der Waals surface area contributed by atoms with Crippen LogP contribution in [-0.2, 0) is 16.2 Å². The van der Waals surface area contributed by atoms with Crippen LogP contribution in [0.3, 0.4) is 0 Å². The van der Waals surface area contributed by atoms with E-state index in [0.717, 1.165) is 27.8 Å². The van der Waals surface area contributed by atoms with Gasteiger partial charge in [0.2, 0.25) is 0 Å². The number of carbonyl (C=O) groups excluding carboxylic acids is 1. The molecule has 2 aromatic carbocycles. The normalized spacial score (nSPS) is 14.9. The molecule has 0 bridgehead atoms. The monoisotopic (exact) mass is 477 g/mol. The summed E-state index contributed by atoms with van der Waals surface area (Å²) in [5.74, 6) is -0.441. The molecule has 1 N–H and O–H groups in total. The molecule has 9 heteroatoms. The molecule has 0 aromatic heterocycles. The van der Waals surface area contributed by atoms with Crippen molar-refractivity contribution in [2.75, 3.05) is 13.2 Å². The highest BCUT2D eigenvalue weighted by Gasteiger charge is 2.33. The molecule has 0 spiro atoms. The number of ether oxygens (including phenoxy) is 2. The van der Waals surface area contributed by atoms with Gasteiger partial charge in [-0.25, -0.2) is 0 Å². The summed E-state index contributed by atoms with van der Waals surface area (Å²) in [6.45, 7) is 4.12. The zero-order chi connectivity index (χ0) is 22.5. The summed E-state index contributed by atoms with van der Waals surface area (Å²) in [7, 11) is 0. The largest absolute Gasteiger partial charge is 0.490 e. The molecule has 0 aliphatic carbocycles. The van der Waals surface area contributed by atoms with Gasteiger partial charge in [-0.05, 0) is 54.8 Å². The average molecular weight is 478 g/mol. The number of hydrogen-bond acceptors (Lipinski definition) is 6. The summed E-state index contributed by atoms with van der Waals surface area (Å²) in [5.41, 5.74) is 2.65. The van der Waals surface area contributed by atoms with E-state index in [1.165, 1.54) is 0 Å². The lowest BCUT2D eigenvalue weighted by atomic mass is 10.1. The van der Waals surface area contributed by atoms with Gasteiger partial charge in [-0.3, -0.25) is 14.5 Å². The molecule has 0 atom stereocenters. The molecule has 2 aromatic rings. The number of thioether (sulfide) groups is 1. The summed E-state index contributed by atoms with van der Waals surface area (Å²) in [6, 6.07) is 11.1. The first-order chi connectivity index (χ1) is 14.8. The summed E-state index contributed by atoms with van der Waals surface area (Å²) in [5, 5.41) is 9.64. The van der Waals surface area contributed by atoms with Crippen LogP contribution in [0.5, 0.6) is 11.5 Å². The van der Waals surface area contributed by atoms with Gasteiger partial charge in [-0.2, -0.15) is 0 Å².